The molecule has 0 aliphatic carbocycles. The van der Waals surface area contributed by atoms with Gasteiger partial charge < -0.3 is 0 Å². The second kappa shape index (κ2) is 3.73. The molecule has 1 aliphatic heterocycles. The normalized spacial score (nSPS) is 34.6. The Bertz CT molecular complexity index is 216. The molecule has 0 bridgehead atoms. The van der Waals surface area contributed by atoms with Gasteiger partial charge in [0.2, 0.25) is 0 Å². The highest BCUT2D eigenvalue weighted by Crippen LogP contribution is 2.27. The highest BCUT2D eigenvalue weighted by Gasteiger charge is 2.18. The molecule has 0 saturated carbocycles. The van der Waals surface area contributed by atoms with Crippen molar-refractivity contribution in [2.75, 3.05) is 11.5 Å². The van der Waals surface area contributed by atoms with Crippen LogP contribution in [-0.2, 0) is 10.8 Å². The highest BCUT2D eigenvalue weighted by molar-refractivity contribution is 7.84. The fourth-order valence-electron chi connectivity index (χ4n) is 1.57. The topological polar surface area (TPSA) is 17.1 Å². The standard InChI is InChI=1S/C10H18OS/c1-9-4-6-12(11)7-5-10(2,3)8-9/h8H,4-7H2,1-3H3/b9-8+. The van der Waals surface area contributed by atoms with Crippen LogP contribution in [0.4, 0.5) is 0 Å². The Labute approximate surface area is 77.7 Å². The summed E-state index contributed by atoms with van der Waals surface area (Å²) >= 11 is 0. The Hall–Kier alpha value is -0.110. The number of hydrogen-bond acceptors (Lipinski definition) is 1. The molecule has 0 amide bonds. The maximum atomic E-state index is 11.4. The van der Waals surface area contributed by atoms with E-state index in [9.17, 15) is 4.21 Å². The molecule has 0 saturated heterocycles. The summed E-state index contributed by atoms with van der Waals surface area (Å²) in [6, 6.07) is 0. The van der Waals surface area contributed by atoms with Crippen molar-refractivity contribution >= 4 is 10.8 Å². The molecule has 12 heavy (non-hydrogen) atoms. The lowest BCUT2D eigenvalue weighted by Gasteiger charge is -2.23. The van der Waals surface area contributed by atoms with Crippen molar-refractivity contribution in [2.45, 2.75) is 33.6 Å². The average Bonchev–Trinajstić information content (AvgIpc) is 1.95. The van der Waals surface area contributed by atoms with Gasteiger partial charge in [-0.3, -0.25) is 4.21 Å². The first-order chi connectivity index (χ1) is 5.49. The number of allylic oxidation sites excluding steroid dienone is 2. The van der Waals surface area contributed by atoms with Crippen LogP contribution in [0.25, 0.3) is 0 Å². The van der Waals surface area contributed by atoms with Crippen molar-refractivity contribution < 1.29 is 4.21 Å². The number of hydrogen-bond donors (Lipinski definition) is 0. The molecular weight excluding hydrogens is 168 g/mol. The van der Waals surface area contributed by atoms with Crippen molar-refractivity contribution in [3.63, 3.8) is 0 Å². The summed E-state index contributed by atoms with van der Waals surface area (Å²) in [5, 5.41) is 0. The summed E-state index contributed by atoms with van der Waals surface area (Å²) in [5.41, 5.74) is 1.65. The van der Waals surface area contributed by atoms with E-state index in [2.05, 4.69) is 26.8 Å². The molecule has 0 aromatic rings. The van der Waals surface area contributed by atoms with Crippen LogP contribution in [0.3, 0.4) is 0 Å². The quantitative estimate of drug-likeness (QED) is 0.531. The number of rotatable bonds is 0. The van der Waals surface area contributed by atoms with Gasteiger partial charge in [-0.15, -0.1) is 0 Å². The molecule has 0 N–H and O–H groups in total. The van der Waals surface area contributed by atoms with E-state index in [1.54, 1.807) is 0 Å². The molecule has 0 radical (unpaired) electrons. The Morgan fingerprint density at radius 1 is 1.42 bits per heavy atom. The monoisotopic (exact) mass is 186 g/mol. The van der Waals surface area contributed by atoms with E-state index in [0.29, 0.717) is 0 Å². The molecule has 1 aliphatic rings. The van der Waals surface area contributed by atoms with Gasteiger partial charge in [-0.05, 0) is 25.2 Å². The largest absolute Gasteiger partial charge is 0.260 e. The Morgan fingerprint density at radius 2 is 2.08 bits per heavy atom. The van der Waals surface area contributed by atoms with Crippen molar-refractivity contribution in [2.24, 2.45) is 5.41 Å². The molecule has 2 heteroatoms. The van der Waals surface area contributed by atoms with Crippen LogP contribution in [0.15, 0.2) is 11.6 Å². The van der Waals surface area contributed by atoms with Gasteiger partial charge >= 0.3 is 0 Å². The minimum atomic E-state index is -0.577. The molecule has 1 atom stereocenters. The summed E-state index contributed by atoms with van der Waals surface area (Å²) < 4.78 is 11.4. The molecule has 70 valence electrons. The maximum Gasteiger partial charge on any atom is 0.0271 e. The summed E-state index contributed by atoms with van der Waals surface area (Å²) in [5.74, 6) is 1.73. The van der Waals surface area contributed by atoms with Crippen LogP contribution in [0.2, 0.25) is 0 Å². The van der Waals surface area contributed by atoms with E-state index in [-0.39, 0.29) is 5.41 Å². The molecule has 1 nitrogen and oxygen atoms in total. The molecule has 1 heterocycles. The van der Waals surface area contributed by atoms with E-state index < -0.39 is 10.8 Å². The van der Waals surface area contributed by atoms with Crippen molar-refractivity contribution in [1.82, 2.24) is 0 Å². The molecule has 0 aromatic heterocycles. The van der Waals surface area contributed by atoms with Gasteiger partial charge in [-0.2, -0.15) is 0 Å². The zero-order valence-electron chi connectivity index (χ0n) is 8.22. The lowest BCUT2D eigenvalue weighted by molar-refractivity contribution is 0.457. The highest BCUT2D eigenvalue weighted by atomic mass is 32.2. The van der Waals surface area contributed by atoms with Gasteiger partial charge in [0.05, 0.1) is 0 Å². The second-order valence-corrected chi connectivity index (χ2v) is 6.02. The SMILES string of the molecule is C/C1=C\C(C)(C)CCS(=O)CC1. The van der Waals surface area contributed by atoms with Crippen LogP contribution in [0, 0.1) is 5.41 Å². The fourth-order valence-corrected chi connectivity index (χ4v) is 3.07. The van der Waals surface area contributed by atoms with Gasteiger partial charge in [-0.1, -0.05) is 25.5 Å². The molecule has 0 spiro atoms. The minimum absolute atomic E-state index is 0.250. The first-order valence-electron chi connectivity index (χ1n) is 4.53. The van der Waals surface area contributed by atoms with Crippen molar-refractivity contribution in [3.05, 3.63) is 11.6 Å². The van der Waals surface area contributed by atoms with Crippen molar-refractivity contribution in [3.8, 4) is 0 Å². The Kier molecular flexibility index (Phi) is 3.10. The van der Waals surface area contributed by atoms with Crippen LogP contribution in [0.5, 0.6) is 0 Å². The van der Waals surface area contributed by atoms with E-state index in [0.717, 1.165) is 24.3 Å². The second-order valence-electron chi connectivity index (χ2n) is 4.33. The first-order valence-corrected chi connectivity index (χ1v) is 6.02. The third-order valence-electron chi connectivity index (χ3n) is 2.34. The van der Waals surface area contributed by atoms with E-state index in [4.69, 9.17) is 0 Å². The van der Waals surface area contributed by atoms with Gasteiger partial charge in [-0.25, -0.2) is 0 Å². The molecular formula is C10H18OS. The lowest BCUT2D eigenvalue weighted by atomic mass is 9.87. The Balaban J connectivity index is 2.74. The van der Waals surface area contributed by atoms with Gasteiger partial charge in [0.1, 0.15) is 0 Å². The van der Waals surface area contributed by atoms with E-state index in [1.165, 1.54) is 5.57 Å². The van der Waals surface area contributed by atoms with Crippen LogP contribution >= 0.6 is 0 Å². The predicted octanol–water partition coefficient (Wildman–Crippen LogP) is 2.50. The van der Waals surface area contributed by atoms with Crippen molar-refractivity contribution in [1.29, 1.82) is 0 Å². The van der Waals surface area contributed by atoms with Gasteiger partial charge in [0.25, 0.3) is 0 Å². The lowest BCUT2D eigenvalue weighted by Crippen LogP contribution is -2.17. The molecule has 1 rings (SSSR count). The van der Waals surface area contributed by atoms with Crippen LogP contribution in [-0.4, -0.2) is 15.7 Å². The zero-order valence-corrected chi connectivity index (χ0v) is 9.04. The summed E-state index contributed by atoms with van der Waals surface area (Å²) in [4.78, 5) is 0. The molecule has 0 fully saturated rings. The zero-order chi connectivity index (χ0) is 9.19. The van der Waals surface area contributed by atoms with Crippen LogP contribution < -0.4 is 0 Å². The summed E-state index contributed by atoms with van der Waals surface area (Å²) in [6.07, 6.45) is 4.40. The summed E-state index contributed by atoms with van der Waals surface area (Å²) in [7, 11) is -0.577. The molecule has 1 unspecified atom stereocenters. The third-order valence-corrected chi connectivity index (χ3v) is 3.65. The minimum Gasteiger partial charge on any atom is -0.260 e. The first kappa shape index (κ1) is 9.97. The van der Waals surface area contributed by atoms with Gasteiger partial charge in [0.15, 0.2) is 0 Å². The van der Waals surface area contributed by atoms with E-state index >= 15 is 0 Å². The third kappa shape index (κ3) is 3.10. The molecule has 0 aromatic carbocycles. The maximum absolute atomic E-state index is 11.4. The summed E-state index contributed by atoms with van der Waals surface area (Å²) in [6.45, 7) is 6.59. The van der Waals surface area contributed by atoms with Crippen LogP contribution in [0.1, 0.15) is 33.6 Å². The average molecular weight is 186 g/mol. The predicted molar refractivity (Wildman–Crippen MR) is 54.6 cm³/mol. The van der Waals surface area contributed by atoms with E-state index in [1.807, 2.05) is 0 Å². The smallest absolute Gasteiger partial charge is 0.0271 e. The Morgan fingerprint density at radius 3 is 2.75 bits per heavy atom. The van der Waals surface area contributed by atoms with Gasteiger partial charge in [0, 0.05) is 22.3 Å². The fraction of sp³-hybridized carbons (Fsp3) is 0.800.